The van der Waals surface area contributed by atoms with Gasteiger partial charge < -0.3 is 0 Å². The molecule has 0 aliphatic carbocycles. The summed E-state index contributed by atoms with van der Waals surface area (Å²) in [6.45, 7) is 2.20. The van der Waals surface area contributed by atoms with Crippen LogP contribution in [0, 0.1) is 0 Å². The van der Waals surface area contributed by atoms with Crippen molar-refractivity contribution in [2.75, 3.05) is 0 Å². The zero-order valence-corrected chi connectivity index (χ0v) is 4.07. The quantitative estimate of drug-likeness (QED) is 0.438. The van der Waals surface area contributed by atoms with E-state index in [-0.39, 0.29) is 0 Å². The van der Waals surface area contributed by atoms with Crippen LogP contribution in [0.5, 0.6) is 0 Å². The Morgan fingerprint density at radius 3 is 2.67 bits per heavy atom. The highest BCUT2D eigenvalue weighted by atomic mass is 13.9. The molecule has 6 heavy (non-hydrogen) atoms. The SMILES string of the molecule is CCCC1=C[B]1. The van der Waals surface area contributed by atoms with E-state index in [9.17, 15) is 0 Å². The Morgan fingerprint density at radius 2 is 2.50 bits per heavy atom. The second-order valence-corrected chi connectivity index (χ2v) is 1.66. The van der Waals surface area contributed by atoms with Crippen LogP contribution in [0.4, 0.5) is 0 Å². The molecule has 0 unspecified atom stereocenters. The van der Waals surface area contributed by atoms with E-state index < -0.39 is 0 Å². The maximum Gasteiger partial charge on any atom is 0.173 e. The molecular weight excluding hydrogens is 70.9 g/mol. The van der Waals surface area contributed by atoms with Gasteiger partial charge >= 0.3 is 0 Å². The van der Waals surface area contributed by atoms with Crippen LogP contribution in [-0.4, -0.2) is 7.28 Å². The van der Waals surface area contributed by atoms with E-state index in [0.29, 0.717) is 0 Å². The van der Waals surface area contributed by atoms with Gasteiger partial charge in [-0.25, -0.2) is 0 Å². The van der Waals surface area contributed by atoms with Crippen LogP contribution in [0.3, 0.4) is 0 Å². The largest absolute Gasteiger partial charge is 0.173 e. The van der Waals surface area contributed by atoms with Gasteiger partial charge in [-0.15, -0.1) is 11.4 Å². The summed E-state index contributed by atoms with van der Waals surface area (Å²) >= 11 is 0. The molecule has 0 aromatic rings. The molecule has 0 bridgehead atoms. The number of hydrogen-bond acceptors (Lipinski definition) is 0. The fourth-order valence-electron chi connectivity index (χ4n) is 0.514. The van der Waals surface area contributed by atoms with Crippen molar-refractivity contribution in [2.45, 2.75) is 19.8 Å². The zero-order valence-electron chi connectivity index (χ0n) is 4.07. The van der Waals surface area contributed by atoms with Gasteiger partial charge in [-0.2, -0.15) is 0 Å². The Kier molecular flexibility index (Phi) is 0.996. The van der Waals surface area contributed by atoms with E-state index in [1.807, 2.05) is 0 Å². The lowest BCUT2D eigenvalue weighted by Crippen LogP contribution is -1.65. The molecule has 0 atom stereocenters. The van der Waals surface area contributed by atoms with Crippen molar-refractivity contribution in [3.8, 4) is 0 Å². The average molecular weight is 78.9 g/mol. The third-order valence-electron chi connectivity index (χ3n) is 0.941. The van der Waals surface area contributed by atoms with Crippen LogP contribution in [0.25, 0.3) is 0 Å². The van der Waals surface area contributed by atoms with E-state index in [1.54, 1.807) is 0 Å². The van der Waals surface area contributed by atoms with Crippen LogP contribution in [-0.2, 0) is 0 Å². The van der Waals surface area contributed by atoms with Gasteiger partial charge in [0.2, 0.25) is 0 Å². The van der Waals surface area contributed by atoms with Gasteiger partial charge in [-0.05, 0) is 6.42 Å². The van der Waals surface area contributed by atoms with Gasteiger partial charge in [-0.3, -0.25) is 0 Å². The second-order valence-electron chi connectivity index (χ2n) is 1.66. The lowest BCUT2D eigenvalue weighted by atomic mass is 9.94. The Hall–Kier alpha value is -0.195. The molecule has 0 aromatic carbocycles. The van der Waals surface area contributed by atoms with Crippen molar-refractivity contribution < 1.29 is 0 Å². The van der Waals surface area contributed by atoms with Crippen molar-refractivity contribution >= 4 is 7.28 Å². The fourth-order valence-corrected chi connectivity index (χ4v) is 0.514. The van der Waals surface area contributed by atoms with Gasteiger partial charge in [0.25, 0.3) is 0 Å². The molecule has 1 aliphatic heterocycles. The first-order chi connectivity index (χ1) is 2.93. The van der Waals surface area contributed by atoms with Crippen LogP contribution in [0.15, 0.2) is 11.4 Å². The third-order valence-corrected chi connectivity index (χ3v) is 0.941. The third kappa shape index (κ3) is 0.888. The Bertz CT molecular complexity index is 74.0. The maximum atomic E-state index is 2.20. The molecule has 0 aromatic heterocycles. The predicted octanol–water partition coefficient (Wildman–Crippen LogP) is 1.35. The maximum absolute atomic E-state index is 2.20. The van der Waals surface area contributed by atoms with Gasteiger partial charge in [0, 0.05) is 0 Å². The topological polar surface area (TPSA) is 0 Å². The average Bonchev–Trinajstić information content (AvgIpc) is 2.21. The summed E-state index contributed by atoms with van der Waals surface area (Å²) in [6, 6.07) is 0. The summed E-state index contributed by atoms with van der Waals surface area (Å²) in [7, 11) is 2.17. The summed E-state index contributed by atoms with van der Waals surface area (Å²) < 4.78 is 0. The van der Waals surface area contributed by atoms with Gasteiger partial charge in [0.15, 0.2) is 7.28 Å². The van der Waals surface area contributed by atoms with E-state index in [4.69, 9.17) is 0 Å². The second kappa shape index (κ2) is 1.50. The summed E-state index contributed by atoms with van der Waals surface area (Å²) in [5.41, 5.74) is 1.54. The van der Waals surface area contributed by atoms with Crippen LogP contribution in [0.2, 0.25) is 0 Å². The first kappa shape index (κ1) is 3.98. The smallest absolute Gasteiger partial charge is 0.126 e. The first-order valence-electron chi connectivity index (χ1n) is 2.47. The lowest BCUT2D eigenvalue weighted by molar-refractivity contribution is 0.954. The number of hydrogen-bond donors (Lipinski definition) is 0. The molecule has 0 saturated heterocycles. The lowest BCUT2D eigenvalue weighted by Gasteiger charge is -1.79. The van der Waals surface area contributed by atoms with Crippen LogP contribution < -0.4 is 0 Å². The molecule has 31 valence electrons. The monoisotopic (exact) mass is 79.1 g/mol. The molecule has 0 fully saturated rings. The van der Waals surface area contributed by atoms with Crippen LogP contribution in [0.1, 0.15) is 19.8 Å². The van der Waals surface area contributed by atoms with Crippen molar-refractivity contribution in [3.05, 3.63) is 11.4 Å². The van der Waals surface area contributed by atoms with Gasteiger partial charge in [-0.1, -0.05) is 13.3 Å². The molecule has 0 spiro atoms. The first-order valence-corrected chi connectivity index (χ1v) is 2.47. The van der Waals surface area contributed by atoms with E-state index in [1.165, 1.54) is 18.3 Å². The molecule has 0 nitrogen and oxygen atoms in total. The minimum atomic E-state index is 1.29. The van der Waals surface area contributed by atoms with Crippen molar-refractivity contribution in [3.63, 3.8) is 0 Å². The Balaban J connectivity index is 2.02. The highest BCUT2D eigenvalue weighted by Gasteiger charge is 2.05. The molecule has 0 saturated carbocycles. The minimum Gasteiger partial charge on any atom is -0.126 e. The Morgan fingerprint density at radius 1 is 1.83 bits per heavy atom. The van der Waals surface area contributed by atoms with Crippen molar-refractivity contribution in [1.82, 2.24) is 0 Å². The predicted molar refractivity (Wildman–Crippen MR) is 28.7 cm³/mol. The minimum absolute atomic E-state index is 1.29. The number of allylic oxidation sites excluding steroid dienone is 1. The fraction of sp³-hybridized carbons (Fsp3) is 0.600. The van der Waals surface area contributed by atoms with E-state index in [2.05, 4.69) is 20.2 Å². The van der Waals surface area contributed by atoms with Crippen molar-refractivity contribution in [2.24, 2.45) is 0 Å². The standard InChI is InChI=1S/C5H8B/c1-2-3-5-4-6-5/h4H,2-3H2,1H3. The molecule has 0 N–H and O–H groups in total. The van der Waals surface area contributed by atoms with E-state index in [0.717, 1.165) is 0 Å². The number of rotatable bonds is 2. The molecule has 1 aliphatic rings. The summed E-state index contributed by atoms with van der Waals surface area (Å²) in [5, 5.41) is 0. The molecule has 1 heterocycles. The molecule has 1 rings (SSSR count). The van der Waals surface area contributed by atoms with Gasteiger partial charge in [0.1, 0.15) is 0 Å². The zero-order chi connectivity index (χ0) is 4.41. The highest BCUT2D eigenvalue weighted by Crippen LogP contribution is 2.12. The summed E-state index contributed by atoms with van der Waals surface area (Å²) in [5.74, 6) is 2.17. The summed E-state index contributed by atoms with van der Waals surface area (Å²) in [4.78, 5) is 0. The molecular formula is C5H8B. The summed E-state index contributed by atoms with van der Waals surface area (Å²) in [6.07, 6.45) is 2.59. The van der Waals surface area contributed by atoms with Gasteiger partial charge in [0.05, 0.1) is 0 Å². The van der Waals surface area contributed by atoms with Crippen molar-refractivity contribution in [1.29, 1.82) is 0 Å². The molecule has 1 heteroatoms. The normalized spacial score (nSPS) is 15.8. The molecule has 1 radical (unpaired) electrons. The van der Waals surface area contributed by atoms with E-state index >= 15 is 0 Å². The Labute approximate surface area is 39.5 Å². The highest BCUT2D eigenvalue weighted by molar-refractivity contribution is 6.63. The van der Waals surface area contributed by atoms with Crippen LogP contribution >= 0.6 is 0 Å². The molecule has 0 amide bonds.